The Labute approximate surface area is 81.0 Å². The topological polar surface area (TPSA) is 46.5 Å². The van der Waals surface area contributed by atoms with E-state index in [1.807, 2.05) is 16.8 Å². The summed E-state index contributed by atoms with van der Waals surface area (Å²) in [4.78, 5) is 10.7. The lowest BCUT2D eigenvalue weighted by Gasteiger charge is -2.10. The van der Waals surface area contributed by atoms with E-state index < -0.39 is 12.1 Å². The van der Waals surface area contributed by atoms with Gasteiger partial charge in [0.15, 0.2) is 6.10 Å². The number of aliphatic carboxylic acids is 1. The molecule has 0 saturated carbocycles. The molecule has 0 radical (unpaired) electrons. The van der Waals surface area contributed by atoms with Gasteiger partial charge in [0.05, 0.1) is 0 Å². The average Bonchev–Trinajstić information content (AvgIpc) is 2.56. The predicted octanol–water partition coefficient (Wildman–Crippen LogP) is 1.78. The summed E-state index contributed by atoms with van der Waals surface area (Å²) in [6.45, 7) is 2.23. The maximum Gasteiger partial charge on any atom is 0.333 e. The molecule has 0 aliphatic carbocycles. The number of thiophene rings is 1. The van der Waals surface area contributed by atoms with E-state index in [0.29, 0.717) is 13.0 Å². The minimum Gasteiger partial charge on any atom is -0.479 e. The fourth-order valence-electron chi connectivity index (χ4n) is 1.04. The molecule has 1 atom stereocenters. The molecule has 0 aliphatic rings. The van der Waals surface area contributed by atoms with Crippen molar-refractivity contribution in [2.75, 3.05) is 6.61 Å². The Morgan fingerprint density at radius 2 is 2.54 bits per heavy atom. The summed E-state index contributed by atoms with van der Waals surface area (Å²) in [7, 11) is 0. The summed E-state index contributed by atoms with van der Waals surface area (Å²) in [6, 6.07) is 1.92. The van der Waals surface area contributed by atoms with Gasteiger partial charge in [-0.3, -0.25) is 0 Å². The van der Waals surface area contributed by atoms with Gasteiger partial charge < -0.3 is 9.84 Å². The second-order valence-electron chi connectivity index (χ2n) is 2.62. The Morgan fingerprint density at radius 3 is 3.00 bits per heavy atom. The monoisotopic (exact) mass is 200 g/mol. The van der Waals surface area contributed by atoms with Crippen LogP contribution in [0.1, 0.15) is 12.5 Å². The number of hydrogen-bond donors (Lipinski definition) is 1. The molecule has 4 heteroatoms. The molecule has 1 heterocycles. The van der Waals surface area contributed by atoms with Crippen LogP contribution in [0.25, 0.3) is 0 Å². The lowest BCUT2D eigenvalue weighted by atomic mass is 10.1. The van der Waals surface area contributed by atoms with Gasteiger partial charge in [0.2, 0.25) is 0 Å². The first-order valence-corrected chi connectivity index (χ1v) is 5.03. The van der Waals surface area contributed by atoms with Crippen molar-refractivity contribution in [3.63, 3.8) is 0 Å². The summed E-state index contributed by atoms with van der Waals surface area (Å²) in [5.41, 5.74) is 1.02. The van der Waals surface area contributed by atoms with Crippen molar-refractivity contribution in [3.05, 3.63) is 22.4 Å². The molecule has 0 aliphatic heterocycles. The summed E-state index contributed by atoms with van der Waals surface area (Å²) in [5.74, 6) is -0.895. The second-order valence-corrected chi connectivity index (χ2v) is 3.40. The van der Waals surface area contributed by atoms with Crippen molar-refractivity contribution in [3.8, 4) is 0 Å². The van der Waals surface area contributed by atoms with Crippen LogP contribution in [0.4, 0.5) is 0 Å². The van der Waals surface area contributed by atoms with Gasteiger partial charge in [0, 0.05) is 13.0 Å². The Hall–Kier alpha value is -0.870. The van der Waals surface area contributed by atoms with E-state index in [1.54, 1.807) is 18.3 Å². The molecule has 1 aromatic rings. The van der Waals surface area contributed by atoms with Gasteiger partial charge >= 0.3 is 5.97 Å². The zero-order chi connectivity index (χ0) is 9.68. The molecule has 13 heavy (non-hydrogen) atoms. The Bertz CT molecular complexity index is 256. The molecule has 0 bridgehead atoms. The van der Waals surface area contributed by atoms with Gasteiger partial charge in [-0.1, -0.05) is 0 Å². The third-order valence-corrected chi connectivity index (χ3v) is 2.38. The van der Waals surface area contributed by atoms with E-state index in [9.17, 15) is 4.79 Å². The first-order chi connectivity index (χ1) is 6.24. The van der Waals surface area contributed by atoms with Crippen LogP contribution in [0.5, 0.6) is 0 Å². The van der Waals surface area contributed by atoms with Crippen molar-refractivity contribution in [2.45, 2.75) is 19.4 Å². The minimum absolute atomic E-state index is 0.432. The lowest BCUT2D eigenvalue weighted by Crippen LogP contribution is -2.26. The van der Waals surface area contributed by atoms with Crippen LogP contribution < -0.4 is 0 Å². The van der Waals surface area contributed by atoms with E-state index in [1.165, 1.54) is 0 Å². The van der Waals surface area contributed by atoms with Crippen LogP contribution in [0, 0.1) is 0 Å². The molecule has 1 aromatic heterocycles. The molecule has 0 spiro atoms. The van der Waals surface area contributed by atoms with Crippen LogP contribution in [-0.4, -0.2) is 23.8 Å². The normalized spacial score (nSPS) is 12.7. The fraction of sp³-hybridized carbons (Fsp3) is 0.444. The largest absolute Gasteiger partial charge is 0.479 e. The molecule has 72 valence electrons. The van der Waals surface area contributed by atoms with Crippen molar-refractivity contribution < 1.29 is 14.6 Å². The standard InChI is InChI=1S/C9H12O3S/c1-2-12-8(9(10)11)5-7-3-4-13-6-7/h3-4,6,8H,2,5H2,1H3,(H,10,11)/t8-/m0/s1. The summed E-state index contributed by atoms with van der Waals surface area (Å²) in [6.07, 6.45) is -0.258. The first-order valence-electron chi connectivity index (χ1n) is 4.09. The molecule has 1 rings (SSSR count). The van der Waals surface area contributed by atoms with Gasteiger partial charge in [-0.25, -0.2) is 4.79 Å². The van der Waals surface area contributed by atoms with Crippen LogP contribution in [-0.2, 0) is 16.0 Å². The van der Waals surface area contributed by atoms with Crippen LogP contribution in [0.15, 0.2) is 16.8 Å². The summed E-state index contributed by atoms with van der Waals surface area (Å²) in [5, 5.41) is 12.7. The smallest absolute Gasteiger partial charge is 0.333 e. The number of carboxylic acid groups (broad SMARTS) is 1. The van der Waals surface area contributed by atoms with Crippen LogP contribution >= 0.6 is 11.3 Å². The van der Waals surface area contributed by atoms with E-state index in [4.69, 9.17) is 9.84 Å². The van der Waals surface area contributed by atoms with Crippen molar-refractivity contribution in [1.82, 2.24) is 0 Å². The number of rotatable bonds is 5. The molecule has 0 unspecified atom stereocenters. The van der Waals surface area contributed by atoms with Crippen molar-refractivity contribution >= 4 is 17.3 Å². The number of carbonyl (C=O) groups is 1. The summed E-state index contributed by atoms with van der Waals surface area (Å²) < 4.78 is 5.08. The highest BCUT2D eigenvalue weighted by molar-refractivity contribution is 7.07. The summed E-state index contributed by atoms with van der Waals surface area (Å²) >= 11 is 1.56. The third-order valence-electron chi connectivity index (χ3n) is 1.64. The van der Waals surface area contributed by atoms with E-state index in [2.05, 4.69) is 0 Å². The zero-order valence-electron chi connectivity index (χ0n) is 7.40. The van der Waals surface area contributed by atoms with Gasteiger partial charge in [-0.05, 0) is 29.3 Å². The maximum atomic E-state index is 10.7. The molecule has 0 aromatic carbocycles. The van der Waals surface area contributed by atoms with Gasteiger partial charge in [0.25, 0.3) is 0 Å². The molecule has 3 nitrogen and oxygen atoms in total. The van der Waals surface area contributed by atoms with Crippen LogP contribution in [0.3, 0.4) is 0 Å². The lowest BCUT2D eigenvalue weighted by molar-refractivity contribution is -0.149. The highest BCUT2D eigenvalue weighted by Gasteiger charge is 2.17. The number of carboxylic acids is 1. The van der Waals surface area contributed by atoms with Crippen LogP contribution in [0.2, 0.25) is 0 Å². The van der Waals surface area contributed by atoms with E-state index in [0.717, 1.165) is 5.56 Å². The van der Waals surface area contributed by atoms with Gasteiger partial charge in [0.1, 0.15) is 0 Å². The quantitative estimate of drug-likeness (QED) is 0.788. The van der Waals surface area contributed by atoms with Crippen molar-refractivity contribution in [1.29, 1.82) is 0 Å². The van der Waals surface area contributed by atoms with Gasteiger partial charge in [-0.2, -0.15) is 11.3 Å². The predicted molar refractivity (Wildman–Crippen MR) is 51.1 cm³/mol. The second kappa shape index (κ2) is 4.99. The fourth-order valence-corrected chi connectivity index (χ4v) is 1.72. The van der Waals surface area contributed by atoms with Gasteiger partial charge in [-0.15, -0.1) is 0 Å². The number of ether oxygens (including phenoxy) is 1. The Morgan fingerprint density at radius 1 is 1.77 bits per heavy atom. The highest BCUT2D eigenvalue weighted by atomic mass is 32.1. The molecule has 0 saturated heterocycles. The van der Waals surface area contributed by atoms with E-state index >= 15 is 0 Å². The third kappa shape index (κ3) is 3.16. The van der Waals surface area contributed by atoms with E-state index in [-0.39, 0.29) is 0 Å². The first kappa shape index (κ1) is 10.2. The highest BCUT2D eigenvalue weighted by Crippen LogP contribution is 2.10. The van der Waals surface area contributed by atoms with Crippen molar-refractivity contribution in [2.24, 2.45) is 0 Å². The molecule has 1 N–H and O–H groups in total. The molecule has 0 amide bonds. The minimum atomic E-state index is -0.895. The maximum absolute atomic E-state index is 10.7. The zero-order valence-corrected chi connectivity index (χ0v) is 8.21. The molecule has 0 fully saturated rings. The Balaban J connectivity index is 2.52. The SMILES string of the molecule is CCO[C@@H](Cc1ccsc1)C(=O)O. The Kier molecular flexibility index (Phi) is 3.92. The average molecular weight is 200 g/mol. The number of hydrogen-bond acceptors (Lipinski definition) is 3. The molecular formula is C9H12O3S. The molecular weight excluding hydrogens is 188 g/mol.